The number of nitrogens with zero attached hydrogens (tertiary/aromatic N) is 2. The van der Waals surface area contributed by atoms with Gasteiger partial charge in [-0.15, -0.1) is 22.8 Å². The van der Waals surface area contributed by atoms with E-state index in [0.29, 0.717) is 0 Å². The average Bonchev–Trinajstić information content (AvgIpc) is 2.81. The Kier molecular flexibility index (Phi) is 10.4. The van der Waals surface area contributed by atoms with Crippen molar-refractivity contribution in [3.8, 4) is 0 Å². The highest BCUT2D eigenvalue weighted by Gasteiger charge is 2.00. The minimum Gasteiger partial charge on any atom is -0.143 e. The van der Waals surface area contributed by atoms with E-state index >= 15 is 0 Å². The van der Waals surface area contributed by atoms with Crippen LogP contribution in [0, 0.1) is 5.92 Å². The van der Waals surface area contributed by atoms with Crippen molar-refractivity contribution in [1.29, 1.82) is 0 Å². The summed E-state index contributed by atoms with van der Waals surface area (Å²) < 4.78 is 0.789. The lowest BCUT2D eigenvalue weighted by Crippen LogP contribution is -1.88. The van der Waals surface area contributed by atoms with Gasteiger partial charge in [0.25, 0.3) is 0 Å². The van der Waals surface area contributed by atoms with Crippen LogP contribution < -0.4 is 0 Å². The number of hydrogen-bond acceptors (Lipinski definition) is 4. The van der Waals surface area contributed by atoms with Gasteiger partial charge >= 0.3 is 0 Å². The predicted molar refractivity (Wildman–Crippen MR) is 91.9 cm³/mol. The Morgan fingerprint density at radius 3 is 1.90 bits per heavy atom. The van der Waals surface area contributed by atoms with E-state index in [1.165, 1.54) is 64.2 Å². The van der Waals surface area contributed by atoms with Gasteiger partial charge in [0.15, 0.2) is 4.34 Å². The van der Waals surface area contributed by atoms with E-state index in [1.807, 2.05) is 0 Å². The second-order valence-corrected chi connectivity index (χ2v) is 7.88. The lowest BCUT2D eigenvalue weighted by atomic mass is 10.0. The fourth-order valence-corrected chi connectivity index (χ4v) is 3.39. The van der Waals surface area contributed by atoms with Gasteiger partial charge in [0.1, 0.15) is 5.01 Å². The molecule has 1 rings (SSSR count). The standard InChI is InChI=1S/C16H30N2S2/c1-14(2)12-10-8-6-4-3-5-7-9-11-13-15-17-18-16(19)20-15/h14H,3-13H2,1-2H3,(H,18,19). The molecular weight excluding hydrogens is 284 g/mol. The fraction of sp³-hybridized carbons (Fsp3) is 0.875. The highest BCUT2D eigenvalue weighted by Crippen LogP contribution is 2.17. The van der Waals surface area contributed by atoms with Crippen molar-refractivity contribution in [3.63, 3.8) is 0 Å². The summed E-state index contributed by atoms with van der Waals surface area (Å²) in [5, 5.41) is 9.16. The van der Waals surface area contributed by atoms with Gasteiger partial charge in [-0.1, -0.05) is 83.0 Å². The Morgan fingerprint density at radius 2 is 1.40 bits per heavy atom. The van der Waals surface area contributed by atoms with E-state index in [9.17, 15) is 0 Å². The minimum absolute atomic E-state index is 0.789. The number of aryl methyl sites for hydroxylation is 1. The maximum atomic E-state index is 4.19. The molecule has 0 saturated carbocycles. The lowest BCUT2D eigenvalue weighted by Gasteiger charge is -2.04. The van der Waals surface area contributed by atoms with Crippen molar-refractivity contribution >= 4 is 24.0 Å². The third-order valence-electron chi connectivity index (χ3n) is 3.63. The molecule has 1 aromatic rings. The molecule has 116 valence electrons. The van der Waals surface area contributed by atoms with E-state index in [4.69, 9.17) is 0 Å². The number of aromatic nitrogens is 2. The molecule has 0 radical (unpaired) electrons. The van der Waals surface area contributed by atoms with Crippen LogP contribution in [0.25, 0.3) is 0 Å². The second kappa shape index (κ2) is 11.6. The Labute approximate surface area is 134 Å². The molecule has 2 nitrogen and oxygen atoms in total. The van der Waals surface area contributed by atoms with Gasteiger partial charge in [-0.3, -0.25) is 0 Å². The molecule has 0 spiro atoms. The average molecular weight is 315 g/mol. The van der Waals surface area contributed by atoms with Gasteiger partial charge in [0.05, 0.1) is 0 Å². The summed E-state index contributed by atoms with van der Waals surface area (Å²) in [7, 11) is 0. The summed E-state index contributed by atoms with van der Waals surface area (Å²) in [5.74, 6) is 0.877. The molecule has 0 amide bonds. The molecule has 0 fully saturated rings. The normalized spacial score (nSPS) is 11.4. The Hall–Kier alpha value is -0.0900. The first-order valence-electron chi connectivity index (χ1n) is 8.20. The summed E-state index contributed by atoms with van der Waals surface area (Å²) in [4.78, 5) is 0. The first kappa shape index (κ1) is 18.0. The van der Waals surface area contributed by atoms with Crippen LogP contribution in [-0.4, -0.2) is 10.2 Å². The molecule has 0 N–H and O–H groups in total. The SMILES string of the molecule is CC(C)CCCCCCCCCCCc1nnc(S)s1. The quantitative estimate of drug-likeness (QED) is 0.382. The third kappa shape index (κ3) is 9.76. The van der Waals surface area contributed by atoms with Crippen LogP contribution in [0.15, 0.2) is 4.34 Å². The van der Waals surface area contributed by atoms with Gasteiger partial charge < -0.3 is 0 Å². The van der Waals surface area contributed by atoms with Crippen molar-refractivity contribution in [2.24, 2.45) is 5.92 Å². The van der Waals surface area contributed by atoms with E-state index in [2.05, 4.69) is 36.7 Å². The van der Waals surface area contributed by atoms with Crippen molar-refractivity contribution in [1.82, 2.24) is 10.2 Å². The van der Waals surface area contributed by atoms with Crippen LogP contribution in [0.3, 0.4) is 0 Å². The third-order valence-corrected chi connectivity index (χ3v) is 4.78. The molecule has 0 aliphatic carbocycles. The summed E-state index contributed by atoms with van der Waals surface area (Å²) in [6.07, 6.45) is 15.0. The molecule has 0 aromatic carbocycles. The number of rotatable bonds is 12. The van der Waals surface area contributed by atoms with E-state index < -0.39 is 0 Å². The molecule has 0 unspecified atom stereocenters. The minimum atomic E-state index is 0.789. The Morgan fingerprint density at radius 1 is 0.850 bits per heavy atom. The Bertz CT molecular complexity index is 337. The van der Waals surface area contributed by atoms with E-state index in [0.717, 1.165) is 21.7 Å². The molecule has 0 atom stereocenters. The van der Waals surface area contributed by atoms with Gasteiger partial charge in [0.2, 0.25) is 0 Å². The maximum absolute atomic E-state index is 4.19. The first-order valence-corrected chi connectivity index (χ1v) is 9.46. The molecule has 0 aliphatic rings. The fourth-order valence-electron chi connectivity index (χ4n) is 2.41. The van der Waals surface area contributed by atoms with Crippen molar-refractivity contribution in [2.75, 3.05) is 0 Å². The van der Waals surface area contributed by atoms with Crippen LogP contribution in [-0.2, 0) is 6.42 Å². The monoisotopic (exact) mass is 314 g/mol. The van der Waals surface area contributed by atoms with Gasteiger partial charge in [-0.2, -0.15) is 0 Å². The number of unbranched alkanes of at least 4 members (excludes halogenated alkanes) is 8. The smallest absolute Gasteiger partial charge is 0.143 e. The topological polar surface area (TPSA) is 25.8 Å². The Balaban J connectivity index is 1.79. The summed E-state index contributed by atoms with van der Waals surface area (Å²) in [6, 6.07) is 0. The van der Waals surface area contributed by atoms with Crippen LogP contribution in [0.1, 0.15) is 83.1 Å². The largest absolute Gasteiger partial charge is 0.171 e. The molecule has 4 heteroatoms. The molecule has 0 saturated heterocycles. The first-order chi connectivity index (χ1) is 9.68. The van der Waals surface area contributed by atoms with E-state index in [-0.39, 0.29) is 0 Å². The molecule has 1 heterocycles. The summed E-state index contributed by atoms with van der Waals surface area (Å²) in [5.41, 5.74) is 0. The van der Waals surface area contributed by atoms with Crippen LogP contribution in [0.5, 0.6) is 0 Å². The van der Waals surface area contributed by atoms with Crippen LogP contribution in [0.4, 0.5) is 0 Å². The van der Waals surface area contributed by atoms with Crippen LogP contribution in [0.2, 0.25) is 0 Å². The molecule has 1 aromatic heterocycles. The highest BCUT2D eigenvalue weighted by atomic mass is 32.2. The van der Waals surface area contributed by atoms with Gasteiger partial charge in [-0.25, -0.2) is 0 Å². The van der Waals surface area contributed by atoms with Crippen LogP contribution >= 0.6 is 24.0 Å². The molecular formula is C16H30N2S2. The maximum Gasteiger partial charge on any atom is 0.171 e. The second-order valence-electron chi connectivity index (χ2n) is 6.09. The van der Waals surface area contributed by atoms with E-state index in [1.54, 1.807) is 11.3 Å². The lowest BCUT2D eigenvalue weighted by molar-refractivity contribution is 0.506. The van der Waals surface area contributed by atoms with Gasteiger partial charge in [-0.05, 0) is 12.3 Å². The van der Waals surface area contributed by atoms with Gasteiger partial charge in [0, 0.05) is 6.42 Å². The number of thiol groups is 1. The molecule has 20 heavy (non-hydrogen) atoms. The molecule has 0 aliphatic heterocycles. The number of hydrogen-bond donors (Lipinski definition) is 1. The summed E-state index contributed by atoms with van der Waals surface area (Å²) in [6.45, 7) is 4.64. The zero-order chi connectivity index (χ0) is 14.6. The zero-order valence-corrected chi connectivity index (χ0v) is 14.8. The highest BCUT2D eigenvalue weighted by molar-refractivity contribution is 7.82. The summed E-state index contributed by atoms with van der Waals surface area (Å²) >= 11 is 5.80. The van der Waals surface area contributed by atoms with Crippen molar-refractivity contribution in [3.05, 3.63) is 5.01 Å². The van der Waals surface area contributed by atoms with Crippen molar-refractivity contribution < 1.29 is 0 Å². The zero-order valence-electron chi connectivity index (χ0n) is 13.1. The van der Waals surface area contributed by atoms with Crippen molar-refractivity contribution in [2.45, 2.75) is 88.8 Å². The molecule has 0 bridgehead atoms. The predicted octanol–water partition coefficient (Wildman–Crippen LogP) is 5.93.